The Hall–Kier alpha value is -1.02. The van der Waals surface area contributed by atoms with Gasteiger partial charge in [0.25, 0.3) is 0 Å². The lowest BCUT2D eigenvalue weighted by molar-refractivity contribution is 0.270. The molecule has 1 aromatic carbocycles. The Kier molecular flexibility index (Phi) is 6.81. The van der Waals surface area contributed by atoms with Crippen LogP contribution >= 0.6 is 0 Å². The van der Waals surface area contributed by atoms with Gasteiger partial charge >= 0.3 is 0 Å². The monoisotopic (exact) mass is 249 g/mol. The average molecular weight is 249 g/mol. The molecule has 1 N–H and O–H groups in total. The fourth-order valence-electron chi connectivity index (χ4n) is 1.90. The van der Waals surface area contributed by atoms with Crippen LogP contribution in [0.1, 0.15) is 52.1 Å². The summed E-state index contributed by atoms with van der Waals surface area (Å²) in [7, 11) is 0. The van der Waals surface area contributed by atoms with Crippen LogP contribution in [0.5, 0.6) is 5.75 Å². The minimum absolute atomic E-state index is 0.438. The van der Waals surface area contributed by atoms with Gasteiger partial charge in [-0.15, -0.1) is 0 Å². The molecule has 2 heteroatoms. The highest BCUT2D eigenvalue weighted by molar-refractivity contribution is 5.30. The number of rotatable bonds is 8. The number of benzene rings is 1. The van der Waals surface area contributed by atoms with Crippen molar-refractivity contribution >= 4 is 0 Å². The fourth-order valence-corrected chi connectivity index (χ4v) is 1.90. The lowest BCUT2D eigenvalue weighted by Crippen LogP contribution is -2.21. The van der Waals surface area contributed by atoms with Crippen molar-refractivity contribution < 1.29 is 4.74 Å². The summed E-state index contributed by atoms with van der Waals surface area (Å²) in [5.74, 6) is 1.55. The van der Waals surface area contributed by atoms with Gasteiger partial charge in [-0.25, -0.2) is 0 Å². The Bertz CT molecular complexity index is 336. The maximum Gasteiger partial charge on any atom is 0.119 e. The number of nitrogens with one attached hydrogen (secondary N) is 1. The van der Waals surface area contributed by atoms with Crippen LogP contribution in [0, 0.1) is 5.92 Å². The SMILES string of the molecule is CCCNC(CC)c1cccc(OCC(C)C)c1. The van der Waals surface area contributed by atoms with Gasteiger partial charge in [0.05, 0.1) is 6.61 Å². The molecule has 0 aromatic heterocycles. The lowest BCUT2D eigenvalue weighted by Gasteiger charge is -2.18. The molecule has 0 aliphatic carbocycles. The van der Waals surface area contributed by atoms with Gasteiger partial charge < -0.3 is 10.1 Å². The standard InChI is InChI=1S/C16H27NO/c1-5-10-17-16(6-2)14-8-7-9-15(11-14)18-12-13(3)4/h7-9,11,13,16-17H,5-6,10,12H2,1-4H3. The predicted octanol–water partition coefficient (Wildman–Crippen LogP) is 4.17. The third kappa shape index (κ3) is 5.09. The van der Waals surface area contributed by atoms with Gasteiger partial charge in [0.15, 0.2) is 0 Å². The molecular formula is C16H27NO. The Balaban J connectivity index is 2.66. The van der Waals surface area contributed by atoms with Gasteiger partial charge in [-0.1, -0.05) is 39.8 Å². The van der Waals surface area contributed by atoms with Crippen LogP contribution in [0.4, 0.5) is 0 Å². The summed E-state index contributed by atoms with van der Waals surface area (Å²) in [6, 6.07) is 8.91. The second-order valence-corrected chi connectivity index (χ2v) is 5.19. The van der Waals surface area contributed by atoms with E-state index >= 15 is 0 Å². The van der Waals surface area contributed by atoms with Crippen molar-refractivity contribution in [3.8, 4) is 5.75 Å². The molecule has 0 bridgehead atoms. The molecule has 0 saturated carbocycles. The lowest BCUT2D eigenvalue weighted by atomic mass is 10.0. The summed E-state index contributed by atoms with van der Waals surface area (Å²) in [5, 5.41) is 3.57. The first-order chi connectivity index (χ1) is 8.67. The Morgan fingerprint density at radius 1 is 1.22 bits per heavy atom. The topological polar surface area (TPSA) is 21.3 Å². The maximum atomic E-state index is 5.78. The van der Waals surface area contributed by atoms with E-state index in [0.29, 0.717) is 12.0 Å². The van der Waals surface area contributed by atoms with Crippen LogP contribution in [-0.2, 0) is 0 Å². The first-order valence-electron chi connectivity index (χ1n) is 7.13. The molecule has 0 amide bonds. The summed E-state index contributed by atoms with van der Waals surface area (Å²) in [4.78, 5) is 0. The van der Waals surface area contributed by atoms with Gasteiger partial charge in [0.1, 0.15) is 5.75 Å². The minimum atomic E-state index is 0.438. The summed E-state index contributed by atoms with van der Waals surface area (Å²) >= 11 is 0. The third-order valence-electron chi connectivity index (χ3n) is 2.89. The molecule has 0 heterocycles. The molecule has 0 spiro atoms. The number of hydrogen-bond donors (Lipinski definition) is 1. The highest BCUT2D eigenvalue weighted by atomic mass is 16.5. The predicted molar refractivity (Wildman–Crippen MR) is 78.1 cm³/mol. The smallest absolute Gasteiger partial charge is 0.119 e. The van der Waals surface area contributed by atoms with Crippen molar-refractivity contribution in [3.63, 3.8) is 0 Å². The van der Waals surface area contributed by atoms with E-state index in [1.165, 1.54) is 12.0 Å². The van der Waals surface area contributed by atoms with Crippen molar-refractivity contribution in [3.05, 3.63) is 29.8 Å². The van der Waals surface area contributed by atoms with Crippen LogP contribution in [0.2, 0.25) is 0 Å². The van der Waals surface area contributed by atoms with Crippen LogP contribution in [-0.4, -0.2) is 13.2 Å². The quantitative estimate of drug-likeness (QED) is 0.746. The molecule has 1 atom stereocenters. The molecule has 0 saturated heterocycles. The van der Waals surface area contributed by atoms with Gasteiger partial charge in [-0.05, 0) is 43.0 Å². The highest BCUT2D eigenvalue weighted by Gasteiger charge is 2.09. The summed E-state index contributed by atoms with van der Waals surface area (Å²) in [6.45, 7) is 10.6. The van der Waals surface area contributed by atoms with Crippen LogP contribution in [0.25, 0.3) is 0 Å². The second kappa shape index (κ2) is 8.15. The van der Waals surface area contributed by atoms with E-state index in [9.17, 15) is 0 Å². The van der Waals surface area contributed by atoms with Crippen LogP contribution in [0.3, 0.4) is 0 Å². The van der Waals surface area contributed by atoms with E-state index in [1.54, 1.807) is 0 Å². The molecule has 2 nitrogen and oxygen atoms in total. The normalized spacial score (nSPS) is 12.7. The maximum absolute atomic E-state index is 5.78. The number of ether oxygens (including phenoxy) is 1. The molecule has 102 valence electrons. The zero-order valence-corrected chi connectivity index (χ0v) is 12.2. The largest absolute Gasteiger partial charge is 0.493 e. The molecule has 18 heavy (non-hydrogen) atoms. The Labute approximate surface area is 112 Å². The van der Waals surface area contributed by atoms with E-state index in [0.717, 1.165) is 25.3 Å². The zero-order chi connectivity index (χ0) is 13.4. The number of hydrogen-bond acceptors (Lipinski definition) is 2. The highest BCUT2D eigenvalue weighted by Crippen LogP contribution is 2.22. The molecule has 1 aromatic rings. The van der Waals surface area contributed by atoms with Crippen molar-refractivity contribution in [2.45, 2.75) is 46.6 Å². The molecule has 0 aliphatic heterocycles. The molecule has 1 unspecified atom stereocenters. The van der Waals surface area contributed by atoms with Crippen molar-refractivity contribution in [1.29, 1.82) is 0 Å². The average Bonchev–Trinajstić information content (AvgIpc) is 2.38. The van der Waals surface area contributed by atoms with Gasteiger partial charge in [-0.3, -0.25) is 0 Å². The van der Waals surface area contributed by atoms with Crippen molar-refractivity contribution in [1.82, 2.24) is 5.32 Å². The summed E-state index contributed by atoms with van der Waals surface area (Å²) in [6.07, 6.45) is 2.27. The fraction of sp³-hybridized carbons (Fsp3) is 0.625. The molecule has 1 rings (SSSR count). The first kappa shape index (κ1) is 15.0. The molecule has 0 aliphatic rings. The van der Waals surface area contributed by atoms with Crippen molar-refractivity contribution in [2.24, 2.45) is 5.92 Å². The third-order valence-corrected chi connectivity index (χ3v) is 2.89. The minimum Gasteiger partial charge on any atom is -0.493 e. The molecule has 0 radical (unpaired) electrons. The summed E-state index contributed by atoms with van der Waals surface area (Å²) < 4.78 is 5.78. The van der Waals surface area contributed by atoms with Gasteiger partial charge in [0.2, 0.25) is 0 Å². The van der Waals surface area contributed by atoms with Crippen LogP contribution in [0.15, 0.2) is 24.3 Å². The first-order valence-corrected chi connectivity index (χ1v) is 7.13. The van der Waals surface area contributed by atoms with Gasteiger partial charge in [-0.2, -0.15) is 0 Å². The van der Waals surface area contributed by atoms with E-state index < -0.39 is 0 Å². The summed E-state index contributed by atoms with van der Waals surface area (Å²) in [5.41, 5.74) is 1.33. The Morgan fingerprint density at radius 3 is 2.61 bits per heavy atom. The van der Waals surface area contributed by atoms with E-state index in [4.69, 9.17) is 4.74 Å². The van der Waals surface area contributed by atoms with Gasteiger partial charge in [0, 0.05) is 6.04 Å². The second-order valence-electron chi connectivity index (χ2n) is 5.19. The Morgan fingerprint density at radius 2 is 2.00 bits per heavy atom. The molecule has 0 fully saturated rings. The zero-order valence-electron chi connectivity index (χ0n) is 12.2. The molecular weight excluding hydrogens is 222 g/mol. The van der Waals surface area contributed by atoms with Crippen LogP contribution < -0.4 is 10.1 Å². The van der Waals surface area contributed by atoms with E-state index in [2.05, 4.69) is 51.2 Å². The van der Waals surface area contributed by atoms with Crippen molar-refractivity contribution in [2.75, 3.05) is 13.2 Å². The van der Waals surface area contributed by atoms with E-state index in [1.807, 2.05) is 6.07 Å². The van der Waals surface area contributed by atoms with E-state index in [-0.39, 0.29) is 0 Å².